The van der Waals surface area contributed by atoms with Crippen molar-refractivity contribution >= 4 is 23.6 Å². The van der Waals surface area contributed by atoms with Crippen LogP contribution in [0.2, 0.25) is 0 Å². The number of thioether (sulfide) groups is 1. The average Bonchev–Trinajstić information content (AvgIpc) is 3.14. The van der Waals surface area contributed by atoms with E-state index in [0.29, 0.717) is 0 Å². The Morgan fingerprint density at radius 2 is 2.24 bits per heavy atom. The molecule has 8 nitrogen and oxygen atoms in total. The van der Waals surface area contributed by atoms with Gasteiger partial charge >= 0.3 is 5.97 Å². The van der Waals surface area contributed by atoms with Gasteiger partial charge in [-0.3, -0.25) is 4.79 Å². The predicted molar refractivity (Wildman–Crippen MR) is 88.1 cm³/mol. The van der Waals surface area contributed by atoms with Crippen molar-refractivity contribution in [3.63, 3.8) is 0 Å². The summed E-state index contributed by atoms with van der Waals surface area (Å²) in [6, 6.07) is -0.254. The molecule has 1 fully saturated rings. The van der Waals surface area contributed by atoms with E-state index in [4.69, 9.17) is 0 Å². The van der Waals surface area contributed by atoms with Crippen molar-refractivity contribution in [1.29, 1.82) is 0 Å². The Bertz CT molecular complexity index is 802. The number of β-lactam (4-membered cyclic amide) rings is 1. The van der Waals surface area contributed by atoms with Gasteiger partial charge in [0.1, 0.15) is 12.2 Å². The number of aromatic nitrogens is 3. The van der Waals surface area contributed by atoms with Crippen LogP contribution < -0.4 is 4.57 Å². The number of fused-ring (bicyclic) bond motifs is 2. The number of carboxylic acid groups (broad SMARTS) is 1. The first-order valence-corrected chi connectivity index (χ1v) is 9.24. The van der Waals surface area contributed by atoms with E-state index in [9.17, 15) is 19.8 Å². The van der Waals surface area contributed by atoms with Crippen molar-refractivity contribution in [3.05, 3.63) is 22.8 Å². The zero-order valence-corrected chi connectivity index (χ0v) is 15.1. The summed E-state index contributed by atoms with van der Waals surface area (Å²) >= 11 is 1.54. The SMILES string of the molecule is C[C@@H](O)[C@H]1C(=O)N2C(C(=O)O)=C(S[C@@H]3Cc4n(nc[n+]4C)C3)[C@H](C)[C@H]12. The predicted octanol–water partition coefficient (Wildman–Crippen LogP) is -0.481. The molecule has 4 heterocycles. The standard InChI is InChI=1S/C16H20N4O4S/c1-7-12-11(8(2)21)15(22)20(12)13(16(23)24)14(7)25-9-4-10-18(3)6-17-19(10)5-9/h6-9,11-12,21H,4-5H2,1-3H3/p+1/t7-,8-,9-,11-,12-/m1/s1. The smallest absolute Gasteiger partial charge is 0.353 e. The molecule has 1 amide bonds. The molecule has 0 saturated carbocycles. The van der Waals surface area contributed by atoms with E-state index < -0.39 is 18.0 Å². The lowest BCUT2D eigenvalue weighted by Crippen LogP contribution is -2.63. The van der Waals surface area contributed by atoms with E-state index in [1.165, 1.54) is 4.90 Å². The minimum atomic E-state index is -1.07. The molecule has 1 saturated heterocycles. The molecule has 0 spiro atoms. The Balaban J connectivity index is 1.60. The van der Waals surface area contributed by atoms with Gasteiger partial charge < -0.3 is 15.1 Å². The molecule has 1 aromatic rings. The number of aliphatic hydroxyl groups is 1. The number of rotatable bonds is 4. The van der Waals surface area contributed by atoms with Gasteiger partial charge in [0.25, 0.3) is 6.33 Å². The van der Waals surface area contributed by atoms with E-state index in [1.54, 1.807) is 25.0 Å². The number of carbonyl (C=O) groups excluding carboxylic acids is 1. The van der Waals surface area contributed by atoms with E-state index in [0.717, 1.165) is 23.7 Å². The fourth-order valence-corrected chi connectivity index (χ4v) is 5.71. The van der Waals surface area contributed by atoms with Crippen LogP contribution in [0.15, 0.2) is 16.9 Å². The summed E-state index contributed by atoms with van der Waals surface area (Å²) in [6.45, 7) is 4.27. The van der Waals surface area contributed by atoms with Gasteiger partial charge in [-0.1, -0.05) is 6.92 Å². The van der Waals surface area contributed by atoms with Gasteiger partial charge in [0.05, 0.1) is 36.8 Å². The average molecular weight is 365 g/mol. The summed E-state index contributed by atoms with van der Waals surface area (Å²) in [4.78, 5) is 26.3. The van der Waals surface area contributed by atoms with Gasteiger partial charge in [-0.15, -0.1) is 16.4 Å². The quantitative estimate of drug-likeness (QED) is 0.552. The number of hydrogen-bond acceptors (Lipinski definition) is 5. The Labute approximate surface area is 149 Å². The van der Waals surface area contributed by atoms with Crippen molar-refractivity contribution in [2.24, 2.45) is 18.9 Å². The lowest BCUT2D eigenvalue weighted by atomic mass is 9.79. The van der Waals surface area contributed by atoms with Crippen molar-refractivity contribution in [2.45, 2.75) is 44.2 Å². The number of carboxylic acids is 1. The van der Waals surface area contributed by atoms with Crippen molar-refractivity contribution in [1.82, 2.24) is 14.7 Å². The maximum atomic E-state index is 12.4. The molecule has 4 rings (SSSR count). The monoisotopic (exact) mass is 365 g/mol. The minimum absolute atomic E-state index is 0.0879. The normalized spacial score (nSPS) is 31.8. The molecule has 0 aliphatic carbocycles. The highest BCUT2D eigenvalue weighted by atomic mass is 32.2. The number of aryl methyl sites for hydroxylation is 1. The third-order valence-corrected chi connectivity index (χ3v) is 6.93. The zero-order chi connectivity index (χ0) is 18.0. The van der Waals surface area contributed by atoms with Crippen molar-refractivity contribution in [2.75, 3.05) is 0 Å². The molecular weight excluding hydrogens is 344 g/mol. The second-order valence-corrected chi connectivity index (χ2v) is 8.40. The van der Waals surface area contributed by atoms with Crippen LogP contribution in [0.1, 0.15) is 19.7 Å². The summed E-state index contributed by atoms with van der Waals surface area (Å²) in [7, 11) is 1.95. The third-order valence-electron chi connectivity index (χ3n) is 5.46. The Morgan fingerprint density at radius 1 is 1.52 bits per heavy atom. The van der Waals surface area contributed by atoms with Crippen LogP contribution in [0.4, 0.5) is 0 Å². The second-order valence-electron chi connectivity index (χ2n) is 7.06. The van der Waals surface area contributed by atoms with Crippen LogP contribution in [0, 0.1) is 11.8 Å². The fourth-order valence-electron chi connectivity index (χ4n) is 4.26. The lowest BCUT2D eigenvalue weighted by molar-refractivity contribution is -0.679. The summed E-state index contributed by atoms with van der Waals surface area (Å²) in [5.74, 6) is -0.850. The molecule has 0 radical (unpaired) electrons. The molecule has 5 atom stereocenters. The number of aliphatic carboxylic acids is 1. The number of carbonyl (C=O) groups is 2. The van der Waals surface area contributed by atoms with E-state index >= 15 is 0 Å². The first-order valence-electron chi connectivity index (χ1n) is 8.36. The first kappa shape index (κ1) is 16.6. The molecule has 0 aromatic carbocycles. The highest BCUT2D eigenvalue weighted by Crippen LogP contribution is 2.51. The number of amides is 1. The number of hydrogen-bond donors (Lipinski definition) is 2. The topological polar surface area (TPSA) is 99.5 Å². The molecule has 2 N–H and O–H groups in total. The number of nitrogens with zero attached hydrogens (tertiary/aromatic N) is 4. The third kappa shape index (κ3) is 2.25. The van der Waals surface area contributed by atoms with Crippen LogP contribution >= 0.6 is 11.8 Å². The summed E-state index contributed by atoms with van der Waals surface area (Å²) in [5.41, 5.74) is 0.0957. The molecule has 0 unspecified atom stereocenters. The minimum Gasteiger partial charge on any atom is -0.477 e. The molecule has 134 valence electrons. The highest BCUT2D eigenvalue weighted by molar-refractivity contribution is 8.03. The Morgan fingerprint density at radius 3 is 2.84 bits per heavy atom. The summed E-state index contributed by atoms with van der Waals surface area (Å²) in [5, 5.41) is 24.1. The molecule has 0 bridgehead atoms. The van der Waals surface area contributed by atoms with Crippen LogP contribution in [0.5, 0.6) is 0 Å². The Kier molecular flexibility index (Phi) is 3.69. The van der Waals surface area contributed by atoms with Gasteiger partial charge in [-0.2, -0.15) is 0 Å². The van der Waals surface area contributed by atoms with Crippen LogP contribution in [-0.4, -0.2) is 54.2 Å². The fraction of sp³-hybridized carbons (Fsp3) is 0.625. The Hall–Kier alpha value is -1.87. The summed E-state index contributed by atoms with van der Waals surface area (Å²) in [6.07, 6.45) is 1.81. The largest absolute Gasteiger partial charge is 0.477 e. The molecule has 1 aromatic heterocycles. The van der Waals surface area contributed by atoms with E-state index in [2.05, 4.69) is 5.10 Å². The van der Waals surface area contributed by atoms with Gasteiger partial charge in [-0.05, 0) is 6.92 Å². The van der Waals surface area contributed by atoms with Gasteiger partial charge in [0.2, 0.25) is 11.7 Å². The molecule has 25 heavy (non-hydrogen) atoms. The summed E-state index contributed by atoms with van der Waals surface area (Å²) < 4.78 is 3.92. The number of aliphatic hydroxyl groups excluding tert-OH is 1. The maximum absolute atomic E-state index is 12.4. The molecule has 3 aliphatic rings. The molecule has 3 aliphatic heterocycles. The molecule has 9 heteroatoms. The zero-order valence-electron chi connectivity index (χ0n) is 14.3. The van der Waals surface area contributed by atoms with Crippen molar-refractivity contribution in [3.8, 4) is 0 Å². The van der Waals surface area contributed by atoms with Crippen molar-refractivity contribution < 1.29 is 24.4 Å². The van der Waals surface area contributed by atoms with Crippen LogP contribution in [-0.2, 0) is 29.6 Å². The second kappa shape index (κ2) is 5.57. The van der Waals surface area contributed by atoms with Crippen LogP contribution in [0.3, 0.4) is 0 Å². The van der Waals surface area contributed by atoms with Gasteiger partial charge in [0, 0.05) is 15.9 Å². The van der Waals surface area contributed by atoms with Gasteiger partial charge in [0.15, 0.2) is 0 Å². The highest BCUT2D eigenvalue weighted by Gasteiger charge is 2.60. The van der Waals surface area contributed by atoms with E-state index in [-0.39, 0.29) is 28.8 Å². The lowest BCUT2D eigenvalue weighted by Gasteiger charge is -2.46. The maximum Gasteiger partial charge on any atom is 0.353 e. The van der Waals surface area contributed by atoms with E-state index in [1.807, 2.05) is 23.2 Å². The first-order chi connectivity index (χ1) is 11.8. The van der Waals surface area contributed by atoms with Gasteiger partial charge in [-0.25, -0.2) is 9.36 Å². The molecular formula is C16H21N4O4S+. The van der Waals surface area contributed by atoms with Crippen LogP contribution in [0.25, 0.3) is 0 Å².